The molecule has 6 heteroatoms. The Morgan fingerprint density at radius 1 is 0.833 bits per heavy atom. The van der Waals surface area contributed by atoms with Crippen molar-refractivity contribution in [2.24, 2.45) is 0 Å². The lowest BCUT2D eigenvalue weighted by molar-refractivity contribution is 0.0724. The summed E-state index contributed by atoms with van der Waals surface area (Å²) < 4.78 is 37.6. The second-order valence-corrected chi connectivity index (χ2v) is 4.73. The van der Waals surface area contributed by atoms with E-state index in [0.717, 1.165) is 12.1 Å². The summed E-state index contributed by atoms with van der Waals surface area (Å²) in [5.74, 6) is -2.04. The lowest BCUT2D eigenvalue weighted by Crippen LogP contribution is -2.13. The number of carbonyl (C=O) groups excluding carboxylic acids is 1. The molecule has 0 fully saturated rings. The molecule has 0 N–H and O–H groups in total. The Bertz CT molecular complexity index is 832. The van der Waals surface area contributed by atoms with Crippen LogP contribution in [0.5, 0.6) is 17.4 Å². The molecule has 4 nitrogen and oxygen atoms in total. The summed E-state index contributed by atoms with van der Waals surface area (Å²) in [6, 6.07) is 14.4. The zero-order valence-electron chi connectivity index (χ0n) is 12.3. The number of hydrogen-bond donors (Lipinski definition) is 0. The molecule has 0 saturated heterocycles. The van der Waals surface area contributed by atoms with Gasteiger partial charge in [0.15, 0.2) is 0 Å². The number of halogens is 2. The molecule has 0 bridgehead atoms. The topological polar surface area (TPSA) is 48.4 Å². The number of esters is 1. The minimum atomic E-state index is -1.11. The largest absolute Gasteiger partial charge is 0.439 e. The van der Waals surface area contributed by atoms with Crippen molar-refractivity contribution in [1.82, 2.24) is 4.98 Å². The van der Waals surface area contributed by atoms with Crippen LogP contribution >= 0.6 is 0 Å². The van der Waals surface area contributed by atoms with Gasteiger partial charge in [0.25, 0.3) is 0 Å². The first kappa shape index (κ1) is 15.6. The van der Waals surface area contributed by atoms with Crippen LogP contribution in [0.2, 0.25) is 0 Å². The van der Waals surface area contributed by atoms with Gasteiger partial charge in [-0.2, -0.15) is 0 Å². The predicted octanol–water partition coefficient (Wildman–Crippen LogP) is 4.37. The predicted molar refractivity (Wildman–Crippen MR) is 82.1 cm³/mol. The molecule has 0 aliphatic heterocycles. The van der Waals surface area contributed by atoms with Gasteiger partial charge in [-0.15, -0.1) is 0 Å². The molecule has 0 aliphatic rings. The Kier molecular flexibility index (Phi) is 4.47. The second-order valence-electron chi connectivity index (χ2n) is 4.73. The molecule has 2 aromatic carbocycles. The van der Waals surface area contributed by atoms with Crippen molar-refractivity contribution in [3.8, 4) is 17.4 Å². The summed E-state index contributed by atoms with van der Waals surface area (Å²) in [5, 5.41) is 0. The molecule has 24 heavy (non-hydrogen) atoms. The van der Waals surface area contributed by atoms with Crippen LogP contribution in [-0.2, 0) is 0 Å². The van der Waals surface area contributed by atoms with Crippen LogP contribution in [0.4, 0.5) is 8.78 Å². The number of aromatic nitrogens is 1. The van der Waals surface area contributed by atoms with Gasteiger partial charge in [-0.25, -0.2) is 18.6 Å². The molecule has 0 unspecified atom stereocenters. The van der Waals surface area contributed by atoms with Crippen LogP contribution in [0.25, 0.3) is 0 Å². The molecule has 1 aromatic heterocycles. The quantitative estimate of drug-likeness (QED) is 0.527. The number of benzene rings is 2. The van der Waals surface area contributed by atoms with Crippen LogP contribution in [0.15, 0.2) is 66.9 Å². The molecule has 0 spiro atoms. The molecular weight excluding hydrogens is 316 g/mol. The molecular formula is C18H11F2NO3. The van der Waals surface area contributed by atoms with Gasteiger partial charge in [0.05, 0.1) is 0 Å². The fourth-order valence-electron chi connectivity index (χ4n) is 1.95. The van der Waals surface area contributed by atoms with Gasteiger partial charge in [0, 0.05) is 12.3 Å². The lowest BCUT2D eigenvalue weighted by atomic mass is 10.2. The molecule has 120 valence electrons. The maximum atomic E-state index is 13.5. The smallest absolute Gasteiger partial charge is 0.349 e. The van der Waals surface area contributed by atoms with Crippen molar-refractivity contribution >= 4 is 5.97 Å². The highest BCUT2D eigenvalue weighted by molar-refractivity contribution is 5.91. The number of hydrogen-bond acceptors (Lipinski definition) is 4. The number of nitrogens with zero attached hydrogens (tertiary/aromatic N) is 1. The van der Waals surface area contributed by atoms with Crippen LogP contribution in [-0.4, -0.2) is 11.0 Å². The number of carbonyl (C=O) groups is 1. The van der Waals surface area contributed by atoms with E-state index >= 15 is 0 Å². The van der Waals surface area contributed by atoms with E-state index in [1.807, 2.05) is 0 Å². The third-order valence-corrected chi connectivity index (χ3v) is 3.06. The minimum Gasteiger partial charge on any atom is -0.439 e. The summed E-state index contributed by atoms with van der Waals surface area (Å²) in [5.41, 5.74) is -0.730. The highest BCUT2D eigenvalue weighted by Crippen LogP contribution is 2.23. The summed E-state index contributed by atoms with van der Waals surface area (Å²) in [6.07, 6.45) is 1.59. The highest BCUT2D eigenvalue weighted by Gasteiger charge is 2.19. The lowest BCUT2D eigenvalue weighted by Gasteiger charge is -2.08. The Hall–Kier alpha value is -3.28. The minimum absolute atomic E-state index is 0.135. The van der Waals surface area contributed by atoms with Crippen molar-refractivity contribution in [3.63, 3.8) is 0 Å². The van der Waals surface area contributed by atoms with Crippen LogP contribution in [0.3, 0.4) is 0 Å². The van der Waals surface area contributed by atoms with Crippen LogP contribution in [0, 0.1) is 11.6 Å². The van der Waals surface area contributed by atoms with Crippen LogP contribution < -0.4 is 9.47 Å². The summed E-state index contributed by atoms with van der Waals surface area (Å²) in [6.45, 7) is 0. The van der Waals surface area contributed by atoms with E-state index in [1.54, 1.807) is 36.5 Å². The highest BCUT2D eigenvalue weighted by atomic mass is 19.1. The Morgan fingerprint density at radius 2 is 1.50 bits per heavy atom. The molecule has 0 saturated carbocycles. The Labute approximate surface area is 136 Å². The van der Waals surface area contributed by atoms with Crippen molar-refractivity contribution in [2.45, 2.75) is 0 Å². The Morgan fingerprint density at radius 3 is 2.12 bits per heavy atom. The van der Waals surface area contributed by atoms with Crippen molar-refractivity contribution in [2.75, 3.05) is 0 Å². The fourth-order valence-corrected chi connectivity index (χ4v) is 1.95. The summed E-state index contributed by atoms with van der Waals surface area (Å²) in [4.78, 5) is 15.9. The first-order valence-electron chi connectivity index (χ1n) is 6.98. The normalized spacial score (nSPS) is 10.2. The van der Waals surface area contributed by atoms with Crippen molar-refractivity contribution in [3.05, 3.63) is 84.1 Å². The molecule has 0 amide bonds. The monoisotopic (exact) mass is 327 g/mol. The molecule has 3 aromatic rings. The van der Waals surface area contributed by atoms with E-state index in [2.05, 4.69) is 4.98 Å². The molecule has 0 aliphatic carbocycles. The van der Waals surface area contributed by atoms with Crippen molar-refractivity contribution < 1.29 is 23.0 Å². The summed E-state index contributed by atoms with van der Waals surface area (Å²) in [7, 11) is 0. The van der Waals surface area contributed by atoms with Crippen molar-refractivity contribution in [1.29, 1.82) is 0 Å². The third-order valence-electron chi connectivity index (χ3n) is 3.06. The van der Waals surface area contributed by atoms with Gasteiger partial charge >= 0.3 is 5.97 Å². The molecule has 0 radical (unpaired) electrons. The van der Waals surface area contributed by atoms with E-state index < -0.39 is 23.2 Å². The van der Waals surface area contributed by atoms with Gasteiger partial charge < -0.3 is 9.47 Å². The number of ether oxygens (including phenoxy) is 2. The van der Waals surface area contributed by atoms with Gasteiger partial charge in [0.1, 0.15) is 28.7 Å². The third kappa shape index (κ3) is 3.55. The van der Waals surface area contributed by atoms with Gasteiger partial charge in [-0.05, 0) is 42.5 Å². The second kappa shape index (κ2) is 6.87. The van der Waals surface area contributed by atoms with E-state index in [0.29, 0.717) is 11.6 Å². The Balaban J connectivity index is 1.71. The van der Waals surface area contributed by atoms with Gasteiger partial charge in [0.2, 0.25) is 5.88 Å². The zero-order valence-corrected chi connectivity index (χ0v) is 12.3. The van der Waals surface area contributed by atoms with Crippen LogP contribution in [0.1, 0.15) is 10.4 Å². The standard InChI is InChI=1S/C18H11F2NO3/c19-14-4-3-5-15(20)17(14)18(22)24-13-9-7-12(8-10-13)23-16-6-1-2-11-21-16/h1-11H. The average molecular weight is 327 g/mol. The molecule has 1 heterocycles. The van der Waals surface area contributed by atoms with E-state index in [9.17, 15) is 13.6 Å². The van der Waals surface area contributed by atoms with Gasteiger partial charge in [-0.3, -0.25) is 0 Å². The molecule has 0 atom stereocenters. The fraction of sp³-hybridized carbons (Fsp3) is 0. The maximum absolute atomic E-state index is 13.5. The van der Waals surface area contributed by atoms with Gasteiger partial charge in [-0.1, -0.05) is 12.1 Å². The van der Waals surface area contributed by atoms with E-state index in [-0.39, 0.29) is 5.75 Å². The number of rotatable bonds is 4. The summed E-state index contributed by atoms with van der Waals surface area (Å²) >= 11 is 0. The zero-order chi connectivity index (χ0) is 16.9. The first-order valence-corrected chi connectivity index (χ1v) is 6.98. The van der Waals surface area contributed by atoms with E-state index in [1.165, 1.54) is 18.2 Å². The first-order chi connectivity index (χ1) is 11.6. The average Bonchev–Trinajstić information content (AvgIpc) is 2.57. The van der Waals surface area contributed by atoms with E-state index in [4.69, 9.17) is 9.47 Å². The number of pyridine rings is 1. The maximum Gasteiger partial charge on any atom is 0.349 e. The SMILES string of the molecule is O=C(Oc1ccc(Oc2ccccn2)cc1)c1c(F)cccc1F. The molecule has 3 rings (SSSR count).